The van der Waals surface area contributed by atoms with Gasteiger partial charge in [-0.3, -0.25) is 4.79 Å². The molecule has 1 fully saturated rings. The van der Waals surface area contributed by atoms with Crippen molar-refractivity contribution >= 4 is 17.7 Å². The molecule has 0 aliphatic carbocycles. The summed E-state index contributed by atoms with van der Waals surface area (Å²) in [5, 5.41) is 9.03. The van der Waals surface area contributed by atoms with Gasteiger partial charge in [0.1, 0.15) is 5.82 Å². The van der Waals surface area contributed by atoms with Crippen LogP contribution in [0.5, 0.6) is 0 Å². The number of carbonyl (C=O) groups excluding carboxylic acids is 1. The molecule has 5 nitrogen and oxygen atoms in total. The molecule has 2 unspecified atom stereocenters. The number of rotatable bonds is 4. The molecule has 2 heterocycles. The van der Waals surface area contributed by atoms with Gasteiger partial charge in [0.05, 0.1) is 28.6 Å². The number of aromatic nitrogens is 2. The number of hydrogen-bond acceptors (Lipinski definition) is 4. The molecule has 2 atom stereocenters. The maximum atomic E-state index is 12.7. The van der Waals surface area contributed by atoms with Crippen LogP contribution < -0.4 is 0 Å². The topological polar surface area (TPSA) is 72.8 Å². The molecule has 1 aliphatic rings. The van der Waals surface area contributed by atoms with Crippen molar-refractivity contribution in [3.8, 4) is 17.3 Å². The smallest absolute Gasteiger partial charge is 0.236 e. The quantitative estimate of drug-likeness (QED) is 0.907. The van der Waals surface area contributed by atoms with Crippen molar-refractivity contribution in [1.82, 2.24) is 14.9 Å². The molecule has 0 radical (unpaired) electrons. The molecule has 1 aliphatic heterocycles. The fourth-order valence-electron chi connectivity index (χ4n) is 3.22. The Morgan fingerprint density at radius 3 is 3.08 bits per heavy atom. The number of H-pyrrole nitrogens is 1. The van der Waals surface area contributed by atoms with Crippen molar-refractivity contribution in [1.29, 1.82) is 5.26 Å². The molecule has 0 spiro atoms. The van der Waals surface area contributed by atoms with Gasteiger partial charge in [-0.25, -0.2) is 4.98 Å². The molecule has 1 aromatic heterocycles. The van der Waals surface area contributed by atoms with Crippen molar-refractivity contribution in [2.24, 2.45) is 0 Å². The largest absolute Gasteiger partial charge is 0.346 e. The van der Waals surface area contributed by atoms with Crippen molar-refractivity contribution in [3.05, 3.63) is 41.9 Å². The van der Waals surface area contributed by atoms with Crippen molar-refractivity contribution in [2.45, 2.75) is 37.5 Å². The zero-order chi connectivity index (χ0) is 17.8. The second kappa shape index (κ2) is 7.75. The Hall–Kier alpha value is -2.26. The van der Waals surface area contributed by atoms with Crippen LogP contribution in [0.3, 0.4) is 0 Å². The van der Waals surface area contributed by atoms with Crippen LogP contribution in [0, 0.1) is 11.3 Å². The SMILES string of the molecule is CSC(C)C(=O)N1CCCCC1c1nc(-c2cccc(C#N)c2)c[nH]1. The summed E-state index contributed by atoms with van der Waals surface area (Å²) in [6.45, 7) is 2.74. The molecular formula is C19H22N4OS. The minimum Gasteiger partial charge on any atom is -0.346 e. The Balaban J connectivity index is 1.86. The number of likely N-dealkylation sites (tertiary alicyclic amines) is 1. The highest BCUT2D eigenvalue weighted by atomic mass is 32.2. The molecule has 130 valence electrons. The predicted molar refractivity (Wildman–Crippen MR) is 100 cm³/mol. The Labute approximate surface area is 152 Å². The van der Waals surface area contributed by atoms with Crippen LogP contribution in [0.2, 0.25) is 0 Å². The minimum atomic E-state index is -0.0395. The lowest BCUT2D eigenvalue weighted by molar-refractivity contribution is -0.134. The van der Waals surface area contributed by atoms with E-state index in [4.69, 9.17) is 10.2 Å². The Morgan fingerprint density at radius 2 is 2.32 bits per heavy atom. The Bertz CT molecular complexity index is 795. The molecule has 25 heavy (non-hydrogen) atoms. The monoisotopic (exact) mass is 354 g/mol. The van der Waals surface area contributed by atoms with Gasteiger partial charge < -0.3 is 9.88 Å². The minimum absolute atomic E-state index is 0.00347. The number of nitriles is 1. The summed E-state index contributed by atoms with van der Waals surface area (Å²) in [7, 11) is 0. The van der Waals surface area contributed by atoms with Gasteiger partial charge in [-0.1, -0.05) is 12.1 Å². The fourth-order valence-corrected chi connectivity index (χ4v) is 3.55. The Morgan fingerprint density at radius 1 is 1.48 bits per heavy atom. The molecule has 6 heteroatoms. The first-order valence-electron chi connectivity index (χ1n) is 8.53. The highest BCUT2D eigenvalue weighted by Gasteiger charge is 2.32. The number of nitrogens with one attached hydrogen (secondary N) is 1. The molecule has 0 bridgehead atoms. The van der Waals surface area contributed by atoms with E-state index < -0.39 is 0 Å². The summed E-state index contributed by atoms with van der Waals surface area (Å²) < 4.78 is 0. The number of benzene rings is 1. The number of piperidine rings is 1. The first-order chi connectivity index (χ1) is 12.1. The maximum Gasteiger partial charge on any atom is 0.236 e. The highest BCUT2D eigenvalue weighted by molar-refractivity contribution is 7.99. The normalized spacial score (nSPS) is 18.6. The van der Waals surface area contributed by atoms with E-state index in [1.807, 2.05) is 42.5 Å². The predicted octanol–water partition coefficient (Wildman–Crippen LogP) is 3.75. The van der Waals surface area contributed by atoms with E-state index >= 15 is 0 Å². The lowest BCUT2D eigenvalue weighted by Crippen LogP contribution is -2.42. The fraction of sp³-hybridized carbons (Fsp3) is 0.421. The van der Waals surface area contributed by atoms with Gasteiger partial charge in [-0.05, 0) is 44.6 Å². The second-order valence-corrected chi connectivity index (χ2v) is 7.46. The van der Waals surface area contributed by atoms with E-state index in [1.54, 1.807) is 17.8 Å². The van der Waals surface area contributed by atoms with Gasteiger partial charge in [0.25, 0.3) is 0 Å². The molecular weight excluding hydrogens is 332 g/mol. The van der Waals surface area contributed by atoms with Crippen molar-refractivity contribution < 1.29 is 4.79 Å². The summed E-state index contributed by atoms with van der Waals surface area (Å²) >= 11 is 1.58. The molecule has 1 amide bonds. The second-order valence-electron chi connectivity index (χ2n) is 6.28. The summed E-state index contributed by atoms with van der Waals surface area (Å²) in [5.74, 6) is 1.01. The molecule has 1 aromatic carbocycles. The van der Waals surface area contributed by atoms with Crippen LogP contribution >= 0.6 is 11.8 Å². The number of thioether (sulfide) groups is 1. The number of carbonyl (C=O) groups is 1. The average molecular weight is 354 g/mol. The Kier molecular flexibility index (Phi) is 5.44. The van der Waals surface area contributed by atoms with Crippen LogP contribution in [0.4, 0.5) is 0 Å². The summed E-state index contributed by atoms with van der Waals surface area (Å²) in [5.41, 5.74) is 2.33. The number of aromatic amines is 1. The third kappa shape index (κ3) is 3.72. The average Bonchev–Trinajstić information content (AvgIpc) is 3.17. The van der Waals surface area contributed by atoms with Gasteiger partial charge in [-0.15, -0.1) is 0 Å². The summed E-state index contributed by atoms with van der Waals surface area (Å²) in [6, 6.07) is 9.58. The standard InChI is InChI=1S/C19H22N4OS/c1-13(25-2)19(24)23-9-4-3-8-17(23)18-21-12-16(22-18)15-7-5-6-14(10-15)11-20/h5-7,10,12-13,17H,3-4,8-9H2,1-2H3,(H,21,22). The highest BCUT2D eigenvalue weighted by Crippen LogP contribution is 2.32. The van der Waals surface area contributed by atoms with E-state index in [9.17, 15) is 4.79 Å². The number of amides is 1. The van der Waals surface area contributed by atoms with E-state index in [1.165, 1.54) is 0 Å². The van der Waals surface area contributed by atoms with E-state index in [0.717, 1.165) is 42.9 Å². The van der Waals surface area contributed by atoms with Gasteiger partial charge >= 0.3 is 0 Å². The molecule has 2 aromatic rings. The van der Waals surface area contributed by atoms with Crippen LogP contribution in [-0.2, 0) is 4.79 Å². The van der Waals surface area contributed by atoms with Crippen molar-refractivity contribution in [3.63, 3.8) is 0 Å². The number of nitrogens with zero attached hydrogens (tertiary/aromatic N) is 3. The third-order valence-electron chi connectivity index (χ3n) is 4.69. The van der Waals surface area contributed by atoms with E-state index in [2.05, 4.69) is 11.1 Å². The van der Waals surface area contributed by atoms with Crippen LogP contribution in [0.25, 0.3) is 11.3 Å². The van der Waals surface area contributed by atoms with Gasteiger partial charge in [0, 0.05) is 18.3 Å². The molecule has 1 saturated heterocycles. The van der Waals surface area contributed by atoms with Crippen molar-refractivity contribution in [2.75, 3.05) is 12.8 Å². The first-order valence-corrected chi connectivity index (χ1v) is 9.82. The van der Waals surface area contributed by atoms with E-state index in [0.29, 0.717) is 5.56 Å². The van der Waals surface area contributed by atoms with Gasteiger partial charge in [0.15, 0.2) is 0 Å². The zero-order valence-electron chi connectivity index (χ0n) is 14.5. The molecule has 3 rings (SSSR count). The first kappa shape index (κ1) is 17.6. The lowest BCUT2D eigenvalue weighted by atomic mass is 10.0. The summed E-state index contributed by atoms with van der Waals surface area (Å²) in [4.78, 5) is 22.7. The maximum absolute atomic E-state index is 12.7. The van der Waals surface area contributed by atoms with Crippen LogP contribution in [0.15, 0.2) is 30.5 Å². The van der Waals surface area contributed by atoms with E-state index in [-0.39, 0.29) is 17.2 Å². The van der Waals surface area contributed by atoms with Crippen LogP contribution in [0.1, 0.15) is 43.6 Å². The molecule has 0 saturated carbocycles. The number of hydrogen-bond donors (Lipinski definition) is 1. The lowest BCUT2D eigenvalue weighted by Gasteiger charge is -2.36. The number of imidazole rings is 1. The zero-order valence-corrected chi connectivity index (χ0v) is 15.3. The summed E-state index contributed by atoms with van der Waals surface area (Å²) in [6.07, 6.45) is 6.90. The van der Waals surface area contributed by atoms with Gasteiger partial charge in [-0.2, -0.15) is 17.0 Å². The molecule has 1 N–H and O–H groups in total. The van der Waals surface area contributed by atoms with Gasteiger partial charge in [0.2, 0.25) is 5.91 Å². The third-order valence-corrected chi connectivity index (χ3v) is 5.60. The van der Waals surface area contributed by atoms with Crippen LogP contribution in [-0.4, -0.2) is 38.8 Å².